The highest BCUT2D eigenvalue weighted by Crippen LogP contribution is 2.49. The Kier molecular flexibility index (Phi) is 21.7. The standard InChI is InChI=1S/C57H75ClN6O17S2/c1-32-13-11-14-43(75-10)57(73)30-42(78-54(72)59-57)33(2)52-56(6,80-52)44(29-49(69)63(8)39-26-35(25-32)27-41(74-9)51(39)58)79-53(71)34(3)62(7)46(66)21-24-82-83-55(4,5)31-45(65)61-60-38-20-23-77-40-28-36(16-17-37(38)40)76-22-12-15-50(70)81-64-47(67)18-19-48(64)68/h11,13-14,16-17,26-28,33-34,37,40,42-44,52,73H,12,15,18-25,29-31H2,1-10H3,(H,59,72)(H,61,65)/b14-11+,32-13+,60-38+/t33-,34+,37?,40?,42+,43-,44+,52+,56+,57+/m1/s1. The molecule has 1 aromatic rings. The maximum atomic E-state index is 14.4. The van der Waals surface area contributed by atoms with Gasteiger partial charge in [-0.05, 0) is 77.3 Å². The summed E-state index contributed by atoms with van der Waals surface area (Å²) in [6.07, 6.45) is 6.46. The number of rotatable bonds is 19. The molecule has 0 saturated carbocycles. The fourth-order valence-corrected chi connectivity index (χ4v) is 13.1. The van der Waals surface area contributed by atoms with Crippen LogP contribution >= 0.6 is 33.2 Å². The number of hydroxylamine groups is 2. The summed E-state index contributed by atoms with van der Waals surface area (Å²) < 4.78 is 40.8. The van der Waals surface area contributed by atoms with Crippen molar-refractivity contribution in [2.45, 2.75) is 158 Å². The molecule has 4 saturated heterocycles. The van der Waals surface area contributed by atoms with E-state index in [2.05, 4.69) is 15.8 Å². The summed E-state index contributed by atoms with van der Waals surface area (Å²) in [6, 6.07) is 2.45. The molecule has 454 valence electrons. The second-order valence-electron chi connectivity index (χ2n) is 22.2. The highest BCUT2D eigenvalue weighted by Gasteiger charge is 2.64. The number of ether oxygens (including phenoxy) is 7. The van der Waals surface area contributed by atoms with E-state index < -0.39 is 88.2 Å². The van der Waals surface area contributed by atoms with Gasteiger partial charge in [0.2, 0.25) is 17.7 Å². The number of anilines is 1. The van der Waals surface area contributed by atoms with Crippen LogP contribution in [-0.2, 0) is 73.2 Å². The van der Waals surface area contributed by atoms with E-state index in [1.807, 2.05) is 39.0 Å². The first-order valence-corrected chi connectivity index (χ1v) is 30.2. The molecule has 2 unspecified atom stereocenters. The Morgan fingerprint density at radius 1 is 1.07 bits per heavy atom. The molecule has 0 spiro atoms. The van der Waals surface area contributed by atoms with E-state index in [9.17, 15) is 43.5 Å². The molecule has 5 heterocycles. The number of imide groups is 1. The number of benzene rings is 1. The van der Waals surface area contributed by atoms with Crippen LogP contribution in [0.4, 0.5) is 10.5 Å². The fourth-order valence-electron chi connectivity index (χ4n) is 10.3. The molecule has 0 radical (unpaired) electrons. The number of alkyl carbamates (subject to hydrolysis) is 1. The van der Waals surface area contributed by atoms with E-state index >= 15 is 0 Å². The second-order valence-corrected chi connectivity index (χ2v) is 25.7. The van der Waals surface area contributed by atoms with Gasteiger partial charge in [0.05, 0.1) is 56.8 Å². The molecule has 1 aromatic carbocycles. The third-order valence-corrected chi connectivity index (χ3v) is 19.0. The lowest BCUT2D eigenvalue weighted by Gasteiger charge is -2.42. The number of hydrogen-bond acceptors (Lipinski definition) is 20. The predicted octanol–water partition coefficient (Wildman–Crippen LogP) is 6.19. The summed E-state index contributed by atoms with van der Waals surface area (Å²) in [5.74, 6) is -3.32. The first kappa shape index (κ1) is 64.6. The van der Waals surface area contributed by atoms with Crippen molar-refractivity contribution in [2.75, 3.05) is 52.2 Å². The fraction of sp³-hybridized carbons (Fsp3) is 0.596. The third-order valence-electron chi connectivity index (χ3n) is 15.3. The maximum Gasteiger partial charge on any atom is 0.409 e. The Labute approximate surface area is 495 Å². The molecule has 23 nitrogen and oxygen atoms in total. The molecule has 1 aliphatic carbocycles. The largest absolute Gasteiger partial charge is 0.495 e. The Bertz CT molecular complexity index is 2810. The summed E-state index contributed by atoms with van der Waals surface area (Å²) in [5.41, 5.74) is 2.28. The van der Waals surface area contributed by atoms with Crippen molar-refractivity contribution in [3.8, 4) is 5.75 Å². The first-order chi connectivity index (χ1) is 39.3. The Hall–Kier alpha value is -5.96. The molecule has 4 fully saturated rings. The number of fused-ring (bicyclic) bond motifs is 6. The van der Waals surface area contributed by atoms with Gasteiger partial charge in [-0.2, -0.15) is 5.10 Å². The van der Waals surface area contributed by atoms with Crippen LogP contribution in [0.1, 0.15) is 105 Å². The van der Waals surface area contributed by atoms with Gasteiger partial charge >= 0.3 is 18.0 Å². The lowest BCUT2D eigenvalue weighted by atomic mass is 9.83. The van der Waals surface area contributed by atoms with E-state index in [0.717, 1.165) is 16.8 Å². The van der Waals surface area contributed by atoms with Crippen molar-refractivity contribution >= 4 is 92.2 Å². The van der Waals surface area contributed by atoms with Crippen LogP contribution in [0, 0.1) is 11.8 Å². The average Bonchev–Trinajstić information content (AvgIpc) is 2.25. The molecule has 0 aromatic heterocycles. The quantitative estimate of drug-likeness (QED) is 0.0348. The number of nitrogens with zero attached hydrogens (tertiary/aromatic N) is 4. The van der Waals surface area contributed by atoms with E-state index in [0.29, 0.717) is 47.5 Å². The lowest BCUT2D eigenvalue weighted by Crippen LogP contribution is -2.63. The number of methoxy groups -OCH3 is 2. The van der Waals surface area contributed by atoms with Crippen LogP contribution in [0.15, 0.2) is 65.0 Å². The number of amides is 6. The number of carbonyl (C=O) groups is 8. The summed E-state index contributed by atoms with van der Waals surface area (Å²) in [6.45, 7) is 11.3. The zero-order chi connectivity index (χ0) is 60.6. The Balaban J connectivity index is 0.914. The van der Waals surface area contributed by atoms with Gasteiger partial charge in [-0.3, -0.25) is 29.3 Å². The molecule has 10 atom stereocenters. The van der Waals surface area contributed by atoms with Gasteiger partial charge in [-0.15, -0.1) is 5.06 Å². The lowest BCUT2D eigenvalue weighted by molar-refractivity contribution is -0.197. The monoisotopic (exact) mass is 1210 g/mol. The number of aliphatic hydroxyl groups is 1. The number of epoxide rings is 1. The summed E-state index contributed by atoms with van der Waals surface area (Å²) in [7, 11) is 8.78. The van der Waals surface area contributed by atoms with E-state index in [1.54, 1.807) is 51.3 Å². The number of hydrogen-bond donors (Lipinski definition) is 3. The molecule has 7 rings (SSSR count). The third kappa shape index (κ3) is 16.3. The number of allylic oxidation sites excluding steroid dienone is 4. The molecular weight excluding hydrogens is 1140 g/mol. The summed E-state index contributed by atoms with van der Waals surface area (Å²) in [5, 5.41) is 19.6. The van der Waals surface area contributed by atoms with Crippen LogP contribution in [0.5, 0.6) is 5.75 Å². The smallest absolute Gasteiger partial charge is 0.409 e. The van der Waals surface area contributed by atoms with Gasteiger partial charge < -0.3 is 52.9 Å². The summed E-state index contributed by atoms with van der Waals surface area (Å²) >= 11 is 6.84. The minimum absolute atomic E-state index is 0.0166. The van der Waals surface area contributed by atoms with Crippen LogP contribution in [-0.4, -0.2) is 168 Å². The van der Waals surface area contributed by atoms with Gasteiger partial charge in [0, 0.05) is 82.1 Å². The minimum Gasteiger partial charge on any atom is -0.495 e. The highest BCUT2D eigenvalue weighted by atomic mass is 35.5. The molecule has 6 aliphatic rings. The molecular formula is C57H75ClN6O17S2. The van der Waals surface area contributed by atoms with Crippen LogP contribution < -0.4 is 20.4 Å². The first-order valence-electron chi connectivity index (χ1n) is 27.5. The predicted molar refractivity (Wildman–Crippen MR) is 307 cm³/mol. The maximum absolute atomic E-state index is 14.4. The van der Waals surface area contributed by atoms with Crippen LogP contribution in [0.2, 0.25) is 5.02 Å². The van der Waals surface area contributed by atoms with Crippen LogP contribution in [0.3, 0.4) is 0 Å². The van der Waals surface area contributed by atoms with E-state index in [-0.39, 0.29) is 86.8 Å². The van der Waals surface area contributed by atoms with Crippen molar-refractivity contribution in [1.82, 2.24) is 20.7 Å². The molecule has 4 bridgehead atoms. The average molecular weight is 1220 g/mol. The Morgan fingerprint density at radius 3 is 2.52 bits per heavy atom. The molecule has 5 aliphatic heterocycles. The highest BCUT2D eigenvalue weighted by molar-refractivity contribution is 8.77. The van der Waals surface area contributed by atoms with Gasteiger partial charge in [-0.1, -0.05) is 70.0 Å². The van der Waals surface area contributed by atoms with Crippen molar-refractivity contribution < 1.29 is 81.5 Å². The van der Waals surface area contributed by atoms with Gasteiger partial charge in [0.25, 0.3) is 11.8 Å². The van der Waals surface area contributed by atoms with Crippen molar-refractivity contribution in [2.24, 2.45) is 16.9 Å². The number of carbonyl (C=O) groups excluding carboxylic acids is 8. The van der Waals surface area contributed by atoms with Gasteiger partial charge in [0.1, 0.15) is 46.5 Å². The number of likely N-dealkylation sites (N-methyl/N-ethyl adjacent to an activating group) is 1. The number of nitrogens with one attached hydrogen (secondary N) is 2. The molecule has 26 heteroatoms. The normalized spacial score (nSPS) is 29.2. The minimum atomic E-state index is -1.88. The number of hydrazone groups is 1. The van der Waals surface area contributed by atoms with E-state index in [1.165, 1.54) is 59.6 Å². The summed E-state index contributed by atoms with van der Waals surface area (Å²) in [4.78, 5) is 112. The molecule has 6 amide bonds. The number of esters is 1. The SMILES string of the molecule is COc1cc2cc(c1Cl)N(C)C(=O)C[C@H](OC(=O)[C@H](C)N(C)C(=O)CCSSC(C)(C)CC(=O)N/N=C1\CCOC3C=C(OCCCC(=O)ON4C(=O)CCC4=O)C=CC13)[C@]1(C)O[C@H]1[C@H](C)[C@@H]1C[C@@](O)(NC(=O)O1)[C@H](OC)/C=C/C=C(\C)C2. The topological polar surface area (TPSA) is 280 Å². The number of halogens is 1. The van der Waals surface area contributed by atoms with Crippen LogP contribution in [0.25, 0.3) is 0 Å². The molecule has 83 heavy (non-hydrogen) atoms. The van der Waals surface area contributed by atoms with E-state index in [4.69, 9.17) is 49.6 Å². The van der Waals surface area contributed by atoms with Gasteiger partial charge in [0.15, 0.2) is 5.72 Å². The molecule has 3 N–H and O–H groups in total. The van der Waals surface area contributed by atoms with Crippen molar-refractivity contribution in [3.63, 3.8) is 0 Å². The Morgan fingerprint density at radius 2 is 1.81 bits per heavy atom. The zero-order valence-corrected chi connectivity index (χ0v) is 50.8. The second kappa shape index (κ2) is 27.8. The van der Waals surface area contributed by atoms with Crippen molar-refractivity contribution in [3.05, 3.63) is 70.5 Å². The van der Waals surface area contributed by atoms with Crippen molar-refractivity contribution in [1.29, 1.82) is 0 Å². The zero-order valence-electron chi connectivity index (χ0n) is 48.4. The van der Waals surface area contributed by atoms with Gasteiger partial charge in [-0.25, -0.2) is 19.8 Å².